The van der Waals surface area contributed by atoms with Crippen molar-refractivity contribution >= 4 is 0 Å². The highest BCUT2D eigenvalue weighted by atomic mass is 16.5. The summed E-state index contributed by atoms with van der Waals surface area (Å²) in [5.74, 6) is 0. The average molecular weight is 417 g/mol. The van der Waals surface area contributed by atoms with Crippen molar-refractivity contribution < 1.29 is 19.7 Å². The maximum absolute atomic E-state index is 9.93. The van der Waals surface area contributed by atoms with Crippen LogP contribution in [0.1, 0.15) is 24.0 Å². The number of rotatable bonds is 17. The fourth-order valence-corrected chi connectivity index (χ4v) is 2.92. The molecule has 2 atom stereocenters. The van der Waals surface area contributed by atoms with Crippen LogP contribution in [-0.4, -0.2) is 61.9 Å². The molecule has 0 aliphatic carbocycles. The summed E-state index contributed by atoms with van der Waals surface area (Å²) in [4.78, 5) is 0. The Balaban J connectivity index is 1.34. The Bertz CT molecular complexity index is 585. The largest absolute Gasteiger partial charge is 0.389 e. The van der Waals surface area contributed by atoms with Gasteiger partial charge in [-0.05, 0) is 24.0 Å². The van der Waals surface area contributed by atoms with Gasteiger partial charge in [0.05, 0.1) is 25.4 Å². The van der Waals surface area contributed by atoms with Crippen LogP contribution in [0.2, 0.25) is 0 Å². The Kier molecular flexibility index (Phi) is 13.0. The van der Waals surface area contributed by atoms with Crippen LogP contribution in [0.15, 0.2) is 60.7 Å². The van der Waals surface area contributed by atoms with E-state index in [9.17, 15) is 10.2 Å². The van der Waals surface area contributed by atoms with Crippen molar-refractivity contribution in [2.24, 2.45) is 0 Å². The second kappa shape index (κ2) is 16.0. The summed E-state index contributed by atoms with van der Waals surface area (Å²) < 4.78 is 11.0. The summed E-state index contributed by atoms with van der Waals surface area (Å²) >= 11 is 0. The van der Waals surface area contributed by atoms with E-state index in [4.69, 9.17) is 9.47 Å². The van der Waals surface area contributed by atoms with E-state index in [-0.39, 0.29) is 0 Å². The molecule has 0 aliphatic rings. The highest BCUT2D eigenvalue weighted by Crippen LogP contribution is 1.99. The predicted molar refractivity (Wildman–Crippen MR) is 119 cm³/mol. The first kappa shape index (κ1) is 24.5. The predicted octanol–water partition coefficient (Wildman–Crippen LogP) is 2.10. The molecule has 166 valence electrons. The number of hydrogen-bond acceptors (Lipinski definition) is 6. The van der Waals surface area contributed by atoms with E-state index in [0.29, 0.717) is 39.5 Å². The van der Waals surface area contributed by atoms with Crippen molar-refractivity contribution in [3.63, 3.8) is 0 Å². The van der Waals surface area contributed by atoms with Gasteiger partial charge in [0.2, 0.25) is 0 Å². The van der Waals surface area contributed by atoms with Gasteiger partial charge >= 0.3 is 0 Å². The minimum atomic E-state index is -0.511. The van der Waals surface area contributed by atoms with Gasteiger partial charge in [0, 0.05) is 39.4 Å². The fourth-order valence-electron chi connectivity index (χ4n) is 2.92. The number of nitrogens with one attached hydrogen (secondary N) is 2. The van der Waals surface area contributed by atoms with Crippen molar-refractivity contribution in [3.8, 4) is 0 Å². The number of benzene rings is 2. The third-order valence-electron chi connectivity index (χ3n) is 4.55. The zero-order valence-electron chi connectivity index (χ0n) is 17.7. The Hall–Kier alpha value is -1.80. The van der Waals surface area contributed by atoms with E-state index in [1.54, 1.807) is 0 Å². The van der Waals surface area contributed by atoms with Crippen molar-refractivity contribution in [2.75, 3.05) is 39.5 Å². The lowest BCUT2D eigenvalue weighted by Crippen LogP contribution is -2.30. The SMILES string of the molecule is OC(CNCc1ccccc1)COCCCCOCC(O)CNCc1ccccc1. The third kappa shape index (κ3) is 12.0. The zero-order valence-corrected chi connectivity index (χ0v) is 17.7. The molecule has 6 nitrogen and oxygen atoms in total. The lowest BCUT2D eigenvalue weighted by Gasteiger charge is -2.13. The normalized spacial score (nSPS) is 13.3. The summed E-state index contributed by atoms with van der Waals surface area (Å²) in [6, 6.07) is 20.2. The van der Waals surface area contributed by atoms with Crippen LogP contribution in [0.4, 0.5) is 0 Å². The zero-order chi connectivity index (χ0) is 21.3. The molecule has 0 spiro atoms. The number of hydrogen-bond donors (Lipinski definition) is 4. The van der Waals surface area contributed by atoms with Crippen LogP contribution in [0, 0.1) is 0 Å². The van der Waals surface area contributed by atoms with Gasteiger partial charge in [-0.2, -0.15) is 0 Å². The molecule has 2 aromatic carbocycles. The van der Waals surface area contributed by atoms with Gasteiger partial charge < -0.3 is 30.3 Å². The van der Waals surface area contributed by atoms with Gasteiger partial charge in [0.15, 0.2) is 0 Å². The Labute approximate surface area is 180 Å². The van der Waals surface area contributed by atoms with Gasteiger partial charge in [-0.25, -0.2) is 0 Å². The quantitative estimate of drug-likeness (QED) is 0.296. The molecular weight excluding hydrogens is 380 g/mol. The first-order valence-corrected chi connectivity index (χ1v) is 10.7. The molecule has 0 amide bonds. The monoisotopic (exact) mass is 416 g/mol. The van der Waals surface area contributed by atoms with E-state index < -0.39 is 12.2 Å². The van der Waals surface area contributed by atoms with Crippen LogP contribution >= 0.6 is 0 Å². The molecule has 6 heteroatoms. The Morgan fingerprint density at radius 1 is 0.633 bits per heavy atom. The molecule has 2 unspecified atom stereocenters. The number of ether oxygens (including phenoxy) is 2. The van der Waals surface area contributed by atoms with Crippen molar-refractivity contribution in [2.45, 2.75) is 38.1 Å². The summed E-state index contributed by atoms with van der Waals surface area (Å²) in [6.45, 7) is 4.34. The van der Waals surface area contributed by atoms with Crippen LogP contribution < -0.4 is 10.6 Å². The Morgan fingerprint density at radius 2 is 1.03 bits per heavy atom. The Morgan fingerprint density at radius 3 is 1.43 bits per heavy atom. The summed E-state index contributed by atoms with van der Waals surface area (Å²) in [7, 11) is 0. The van der Waals surface area contributed by atoms with Crippen molar-refractivity contribution in [1.29, 1.82) is 0 Å². The third-order valence-corrected chi connectivity index (χ3v) is 4.55. The van der Waals surface area contributed by atoms with Crippen molar-refractivity contribution in [1.82, 2.24) is 10.6 Å². The second-order valence-electron chi connectivity index (χ2n) is 7.40. The first-order chi connectivity index (χ1) is 14.7. The standard InChI is InChI=1S/C24H36N2O4/c27-23(17-25-15-21-9-3-1-4-10-21)19-29-13-7-8-14-30-20-24(28)18-26-16-22-11-5-2-6-12-22/h1-6,9-12,23-28H,7-8,13-20H2. The highest BCUT2D eigenvalue weighted by Gasteiger charge is 2.05. The minimum Gasteiger partial charge on any atom is -0.389 e. The van der Waals surface area contributed by atoms with Crippen molar-refractivity contribution in [3.05, 3.63) is 71.8 Å². The molecule has 0 saturated carbocycles. The van der Waals surface area contributed by atoms with Crippen LogP contribution in [0.25, 0.3) is 0 Å². The molecule has 30 heavy (non-hydrogen) atoms. The molecule has 4 N–H and O–H groups in total. The van der Waals surface area contributed by atoms with E-state index in [1.165, 1.54) is 11.1 Å². The summed E-state index contributed by atoms with van der Waals surface area (Å²) in [5, 5.41) is 26.3. The molecule has 0 aliphatic heterocycles. The molecule has 0 bridgehead atoms. The van der Waals surface area contributed by atoms with E-state index >= 15 is 0 Å². The van der Waals surface area contributed by atoms with Crippen LogP contribution in [0.5, 0.6) is 0 Å². The maximum Gasteiger partial charge on any atom is 0.0897 e. The summed E-state index contributed by atoms with van der Waals surface area (Å²) in [5.41, 5.74) is 2.39. The molecule has 0 fully saturated rings. The lowest BCUT2D eigenvalue weighted by atomic mass is 10.2. The van der Waals surface area contributed by atoms with Crippen LogP contribution in [0.3, 0.4) is 0 Å². The van der Waals surface area contributed by atoms with Gasteiger partial charge in [0.25, 0.3) is 0 Å². The minimum absolute atomic E-state index is 0.328. The molecular formula is C24H36N2O4. The summed E-state index contributed by atoms with van der Waals surface area (Å²) in [6.07, 6.45) is 0.714. The molecule has 0 radical (unpaired) electrons. The fraction of sp³-hybridized carbons (Fsp3) is 0.500. The molecule has 0 saturated heterocycles. The highest BCUT2D eigenvalue weighted by molar-refractivity contribution is 5.14. The van der Waals surface area contributed by atoms with Gasteiger partial charge in [-0.3, -0.25) is 0 Å². The van der Waals surface area contributed by atoms with E-state index in [0.717, 1.165) is 25.9 Å². The molecule has 2 aromatic rings. The lowest BCUT2D eigenvalue weighted by molar-refractivity contribution is 0.0215. The topological polar surface area (TPSA) is 83.0 Å². The van der Waals surface area contributed by atoms with Gasteiger partial charge in [-0.1, -0.05) is 60.7 Å². The average Bonchev–Trinajstić information content (AvgIpc) is 2.77. The van der Waals surface area contributed by atoms with E-state index in [1.807, 2.05) is 36.4 Å². The smallest absolute Gasteiger partial charge is 0.0897 e. The molecule has 0 aromatic heterocycles. The molecule has 2 rings (SSSR count). The maximum atomic E-state index is 9.93. The second-order valence-corrected chi connectivity index (χ2v) is 7.40. The number of aliphatic hydroxyl groups is 2. The number of unbranched alkanes of at least 4 members (excludes halogenated alkanes) is 1. The molecule has 0 heterocycles. The number of aliphatic hydroxyl groups excluding tert-OH is 2. The van der Waals surface area contributed by atoms with Gasteiger partial charge in [-0.15, -0.1) is 0 Å². The van der Waals surface area contributed by atoms with Gasteiger partial charge in [0.1, 0.15) is 0 Å². The first-order valence-electron chi connectivity index (χ1n) is 10.7. The van der Waals surface area contributed by atoms with E-state index in [2.05, 4.69) is 34.9 Å². The van der Waals surface area contributed by atoms with Crippen LogP contribution in [-0.2, 0) is 22.6 Å².